The van der Waals surface area contributed by atoms with Crippen LogP contribution in [0.4, 0.5) is 15.8 Å². The normalized spacial score (nSPS) is 16.3. The van der Waals surface area contributed by atoms with E-state index in [1.165, 1.54) is 29.8 Å². The Morgan fingerprint density at radius 3 is 2.19 bits per heavy atom. The van der Waals surface area contributed by atoms with E-state index in [0.717, 1.165) is 11.3 Å². The fourth-order valence-corrected chi connectivity index (χ4v) is 4.78. The van der Waals surface area contributed by atoms with Crippen molar-refractivity contribution in [2.24, 2.45) is 0 Å². The summed E-state index contributed by atoms with van der Waals surface area (Å²) in [6.45, 7) is 6.49. The van der Waals surface area contributed by atoms with E-state index in [9.17, 15) is 14.0 Å². The van der Waals surface area contributed by atoms with Gasteiger partial charge in [0.15, 0.2) is 0 Å². The van der Waals surface area contributed by atoms with Crippen molar-refractivity contribution in [2.45, 2.75) is 31.6 Å². The minimum absolute atomic E-state index is 0.0515. The Morgan fingerprint density at radius 1 is 0.969 bits per heavy atom. The van der Waals surface area contributed by atoms with Crippen LogP contribution in [0.3, 0.4) is 0 Å². The standard InChI is InChI=1S/C26H25FN2O2S/c1-26(2,3)19-8-14-22(15-9-19)29-23(30)16-32-25(29)18-6-12-21(13-7-18)28-24(31)17-4-10-20(27)11-5-17/h4-15,25H,16H2,1-3H3,(H,28,31)/t25-/m1/s1. The maximum Gasteiger partial charge on any atom is 0.255 e. The van der Waals surface area contributed by atoms with Crippen LogP contribution in [-0.4, -0.2) is 17.6 Å². The minimum Gasteiger partial charge on any atom is -0.322 e. The van der Waals surface area contributed by atoms with E-state index in [0.29, 0.717) is 17.0 Å². The van der Waals surface area contributed by atoms with Gasteiger partial charge in [-0.2, -0.15) is 0 Å². The number of nitrogens with zero attached hydrogens (tertiary/aromatic N) is 1. The van der Waals surface area contributed by atoms with Crippen molar-refractivity contribution in [3.05, 3.63) is 95.3 Å². The predicted molar refractivity (Wildman–Crippen MR) is 129 cm³/mol. The van der Waals surface area contributed by atoms with Crippen molar-refractivity contribution in [3.8, 4) is 0 Å². The monoisotopic (exact) mass is 448 g/mol. The molecule has 1 atom stereocenters. The Hall–Kier alpha value is -3.12. The van der Waals surface area contributed by atoms with Crippen molar-refractivity contribution < 1.29 is 14.0 Å². The van der Waals surface area contributed by atoms with Gasteiger partial charge in [-0.15, -0.1) is 11.8 Å². The summed E-state index contributed by atoms with van der Waals surface area (Å²) in [5.74, 6) is -0.178. The fraction of sp³-hybridized carbons (Fsp3) is 0.231. The molecule has 3 aromatic rings. The molecular weight excluding hydrogens is 423 g/mol. The quantitative estimate of drug-likeness (QED) is 0.520. The SMILES string of the molecule is CC(C)(C)c1ccc(N2C(=O)CS[C@@H]2c2ccc(NC(=O)c3ccc(F)cc3)cc2)cc1. The summed E-state index contributed by atoms with van der Waals surface area (Å²) in [7, 11) is 0. The highest BCUT2D eigenvalue weighted by molar-refractivity contribution is 8.00. The number of nitrogens with one attached hydrogen (secondary N) is 1. The van der Waals surface area contributed by atoms with Crippen molar-refractivity contribution >= 4 is 35.0 Å². The third kappa shape index (κ3) is 4.70. The highest BCUT2D eigenvalue weighted by Gasteiger charge is 2.34. The van der Waals surface area contributed by atoms with Crippen LogP contribution >= 0.6 is 11.8 Å². The summed E-state index contributed by atoms with van der Waals surface area (Å²) in [5.41, 5.74) is 4.16. The van der Waals surface area contributed by atoms with Gasteiger partial charge in [-0.25, -0.2) is 4.39 Å². The number of halogens is 1. The number of thioether (sulfide) groups is 1. The molecule has 1 fully saturated rings. The molecule has 1 aliphatic rings. The lowest BCUT2D eigenvalue weighted by Crippen LogP contribution is -2.28. The molecule has 1 aliphatic heterocycles. The first-order valence-electron chi connectivity index (χ1n) is 10.4. The molecule has 164 valence electrons. The molecule has 1 saturated heterocycles. The van der Waals surface area contributed by atoms with E-state index in [-0.39, 0.29) is 28.4 Å². The average Bonchev–Trinajstić information content (AvgIpc) is 3.15. The van der Waals surface area contributed by atoms with Crippen molar-refractivity contribution in [2.75, 3.05) is 16.0 Å². The molecule has 1 heterocycles. The van der Waals surface area contributed by atoms with Crippen LogP contribution in [0, 0.1) is 5.82 Å². The second kappa shape index (κ2) is 8.79. The zero-order valence-electron chi connectivity index (χ0n) is 18.3. The maximum atomic E-state index is 13.1. The van der Waals surface area contributed by atoms with Crippen molar-refractivity contribution in [3.63, 3.8) is 0 Å². The van der Waals surface area contributed by atoms with Gasteiger partial charge >= 0.3 is 0 Å². The number of rotatable bonds is 4. The van der Waals surface area contributed by atoms with Crippen LogP contribution in [-0.2, 0) is 10.2 Å². The molecule has 0 bridgehead atoms. The topological polar surface area (TPSA) is 49.4 Å². The second-order valence-corrected chi connectivity index (χ2v) is 9.88. The number of hydrogen-bond donors (Lipinski definition) is 1. The van der Waals surface area contributed by atoms with Gasteiger partial charge < -0.3 is 5.32 Å². The minimum atomic E-state index is -0.382. The molecule has 1 N–H and O–H groups in total. The highest BCUT2D eigenvalue weighted by atomic mass is 32.2. The zero-order chi connectivity index (χ0) is 22.9. The van der Waals surface area contributed by atoms with E-state index in [2.05, 4.69) is 38.2 Å². The zero-order valence-corrected chi connectivity index (χ0v) is 19.1. The van der Waals surface area contributed by atoms with Crippen LogP contribution in [0.5, 0.6) is 0 Å². The lowest BCUT2D eigenvalue weighted by Gasteiger charge is -2.26. The number of benzene rings is 3. The van der Waals surface area contributed by atoms with Crippen molar-refractivity contribution in [1.29, 1.82) is 0 Å². The first-order valence-corrected chi connectivity index (χ1v) is 11.5. The van der Waals surface area contributed by atoms with Gasteiger partial charge in [0.05, 0.1) is 5.75 Å². The Bertz CT molecular complexity index is 1120. The Kier molecular flexibility index (Phi) is 6.07. The van der Waals surface area contributed by atoms with Gasteiger partial charge in [-0.1, -0.05) is 45.0 Å². The summed E-state index contributed by atoms with van der Waals surface area (Å²) in [4.78, 5) is 26.8. The average molecular weight is 449 g/mol. The van der Waals surface area contributed by atoms with E-state index >= 15 is 0 Å². The summed E-state index contributed by atoms with van der Waals surface area (Å²) < 4.78 is 13.1. The number of carbonyl (C=O) groups is 2. The van der Waals surface area contributed by atoms with Gasteiger partial charge in [0.2, 0.25) is 5.91 Å². The van der Waals surface area contributed by atoms with E-state index in [1.54, 1.807) is 11.8 Å². The van der Waals surface area contributed by atoms with Crippen LogP contribution in [0.2, 0.25) is 0 Å². The van der Waals surface area contributed by atoms with Gasteiger partial charge in [0, 0.05) is 16.9 Å². The number of carbonyl (C=O) groups excluding carboxylic acids is 2. The van der Waals surface area contributed by atoms with Crippen LogP contribution in [0.1, 0.15) is 47.6 Å². The van der Waals surface area contributed by atoms with Gasteiger partial charge in [-0.3, -0.25) is 14.5 Å². The fourth-order valence-electron chi connectivity index (χ4n) is 3.61. The predicted octanol–water partition coefficient (Wildman–Crippen LogP) is 6.15. The Morgan fingerprint density at radius 2 is 1.59 bits per heavy atom. The van der Waals surface area contributed by atoms with E-state index in [4.69, 9.17) is 0 Å². The third-order valence-electron chi connectivity index (χ3n) is 5.44. The summed E-state index contributed by atoms with van der Waals surface area (Å²) in [6.07, 6.45) is 0. The first-order chi connectivity index (χ1) is 15.2. The number of amides is 2. The molecule has 32 heavy (non-hydrogen) atoms. The molecule has 0 radical (unpaired) electrons. The number of anilines is 2. The largest absolute Gasteiger partial charge is 0.322 e. The molecule has 0 aromatic heterocycles. The lowest BCUT2D eigenvalue weighted by molar-refractivity contribution is -0.115. The maximum absolute atomic E-state index is 13.1. The van der Waals surface area contributed by atoms with Crippen LogP contribution < -0.4 is 10.2 Å². The summed E-state index contributed by atoms with van der Waals surface area (Å²) in [5, 5.41) is 2.70. The third-order valence-corrected chi connectivity index (χ3v) is 6.65. The van der Waals surface area contributed by atoms with Crippen LogP contribution in [0.25, 0.3) is 0 Å². The Labute approximate surface area is 191 Å². The van der Waals surface area contributed by atoms with Gasteiger partial charge in [0.25, 0.3) is 5.91 Å². The molecule has 4 nitrogen and oxygen atoms in total. The lowest BCUT2D eigenvalue weighted by atomic mass is 9.87. The van der Waals surface area contributed by atoms with E-state index in [1.807, 2.05) is 41.3 Å². The van der Waals surface area contributed by atoms with Gasteiger partial charge in [-0.05, 0) is 65.1 Å². The van der Waals surface area contributed by atoms with Crippen LogP contribution in [0.15, 0.2) is 72.8 Å². The molecule has 0 saturated carbocycles. The molecule has 2 amide bonds. The molecule has 0 spiro atoms. The molecule has 3 aromatic carbocycles. The molecule has 0 unspecified atom stereocenters. The smallest absolute Gasteiger partial charge is 0.255 e. The molecule has 4 rings (SSSR count). The summed E-state index contributed by atoms with van der Waals surface area (Å²) in [6, 6.07) is 21.1. The second-order valence-electron chi connectivity index (χ2n) is 8.81. The number of hydrogen-bond acceptors (Lipinski definition) is 3. The molecule has 6 heteroatoms. The van der Waals surface area contributed by atoms with Crippen molar-refractivity contribution in [1.82, 2.24) is 0 Å². The van der Waals surface area contributed by atoms with E-state index < -0.39 is 0 Å². The first kappa shape index (κ1) is 22.1. The van der Waals surface area contributed by atoms with Gasteiger partial charge in [0.1, 0.15) is 11.2 Å². The molecular formula is C26H25FN2O2S. The Balaban J connectivity index is 1.50. The highest BCUT2D eigenvalue weighted by Crippen LogP contribution is 2.42. The molecule has 0 aliphatic carbocycles. The summed E-state index contributed by atoms with van der Waals surface area (Å²) >= 11 is 1.59.